The fourth-order valence-corrected chi connectivity index (χ4v) is 5.21. The van der Waals surface area contributed by atoms with E-state index < -0.39 is 33.1 Å². The molecule has 1 heterocycles. The molecule has 8 nitrogen and oxygen atoms in total. The maximum atomic E-state index is 12.9. The Bertz CT molecular complexity index is 1340. The Morgan fingerprint density at radius 3 is 2.36 bits per heavy atom. The molecule has 3 aromatic rings. The van der Waals surface area contributed by atoms with Crippen LogP contribution in [0.5, 0.6) is 5.75 Å². The van der Waals surface area contributed by atoms with Crippen LogP contribution in [0.1, 0.15) is 47.5 Å². The van der Waals surface area contributed by atoms with E-state index >= 15 is 0 Å². The van der Waals surface area contributed by atoms with Gasteiger partial charge in [-0.05, 0) is 67.5 Å². The molecule has 36 heavy (non-hydrogen) atoms. The number of anilines is 1. The summed E-state index contributed by atoms with van der Waals surface area (Å²) in [6, 6.07) is 10.6. The molecule has 12 heteroatoms. The highest BCUT2D eigenvalue weighted by Crippen LogP contribution is 2.43. The van der Waals surface area contributed by atoms with E-state index in [1.165, 1.54) is 25.3 Å². The van der Waals surface area contributed by atoms with E-state index in [0.29, 0.717) is 18.4 Å². The van der Waals surface area contributed by atoms with Gasteiger partial charge in [0, 0.05) is 5.56 Å². The molecule has 1 fully saturated rings. The number of aromatic carboxylic acids is 1. The van der Waals surface area contributed by atoms with Crippen LogP contribution in [-0.4, -0.2) is 37.8 Å². The fourth-order valence-electron chi connectivity index (χ4n) is 4.27. The Hall–Kier alpha value is -3.54. The number of rotatable bonds is 7. The summed E-state index contributed by atoms with van der Waals surface area (Å²) in [6.07, 6.45) is -2.07. The zero-order valence-electron chi connectivity index (χ0n) is 19.1. The predicted octanol–water partition coefficient (Wildman–Crippen LogP) is 5.69. The minimum Gasteiger partial charge on any atom is -0.495 e. The van der Waals surface area contributed by atoms with E-state index in [1.54, 1.807) is 24.3 Å². The average molecular weight is 525 g/mol. The van der Waals surface area contributed by atoms with Crippen molar-refractivity contribution in [2.75, 3.05) is 11.8 Å². The number of sulfonamides is 1. The minimum absolute atomic E-state index is 0.0158. The SMILES string of the molecule is COc1cc(C(=O)O)ccc1NS(=O)(=O)c1coc(-c2ccc([C@H]3CC[C@H](C(F)(F)F)CC3)cc2)n1. The summed E-state index contributed by atoms with van der Waals surface area (Å²) in [7, 11) is -2.91. The van der Waals surface area contributed by atoms with Crippen molar-refractivity contribution >= 4 is 21.7 Å². The molecule has 2 aromatic carbocycles. The molecule has 2 N–H and O–H groups in total. The summed E-state index contributed by atoms with van der Waals surface area (Å²) in [5, 5.41) is 8.70. The number of benzene rings is 2. The zero-order chi connectivity index (χ0) is 26.1. The second-order valence-corrected chi connectivity index (χ2v) is 10.2. The van der Waals surface area contributed by atoms with Crippen molar-refractivity contribution in [3.63, 3.8) is 0 Å². The molecular formula is C24H23F3N2O6S. The number of hydrogen-bond donors (Lipinski definition) is 2. The van der Waals surface area contributed by atoms with Crippen LogP contribution in [0.2, 0.25) is 0 Å². The lowest BCUT2D eigenvalue weighted by Gasteiger charge is -2.30. The van der Waals surface area contributed by atoms with Crippen molar-refractivity contribution in [2.24, 2.45) is 5.92 Å². The summed E-state index contributed by atoms with van der Waals surface area (Å²) in [5.41, 5.74) is 1.37. The van der Waals surface area contributed by atoms with Gasteiger partial charge in [-0.25, -0.2) is 4.79 Å². The number of carboxylic acids is 1. The highest BCUT2D eigenvalue weighted by molar-refractivity contribution is 7.92. The maximum absolute atomic E-state index is 12.9. The molecule has 0 atom stereocenters. The number of halogens is 3. The molecule has 4 rings (SSSR count). The molecule has 192 valence electrons. The van der Waals surface area contributed by atoms with Crippen molar-refractivity contribution in [3.8, 4) is 17.2 Å². The first-order valence-electron chi connectivity index (χ1n) is 11.0. The number of alkyl halides is 3. The van der Waals surface area contributed by atoms with Crippen molar-refractivity contribution in [3.05, 3.63) is 59.9 Å². The average Bonchev–Trinajstić information content (AvgIpc) is 3.35. The van der Waals surface area contributed by atoms with E-state index in [2.05, 4.69) is 9.71 Å². The topological polar surface area (TPSA) is 119 Å². The maximum Gasteiger partial charge on any atom is 0.391 e. The van der Waals surface area contributed by atoms with Gasteiger partial charge < -0.3 is 14.3 Å². The number of aromatic nitrogens is 1. The van der Waals surface area contributed by atoms with Gasteiger partial charge in [0.15, 0.2) is 0 Å². The first-order chi connectivity index (χ1) is 17.0. The first kappa shape index (κ1) is 25.5. The summed E-state index contributed by atoms with van der Waals surface area (Å²) < 4.78 is 77.1. The standard InChI is InChI=1S/C24H23F3N2O6S/c1-34-20-12-17(23(30)31)8-11-19(20)29-36(32,33)21-13-35-22(28-21)16-4-2-14(3-5-16)15-6-9-18(10-7-15)24(25,26)27/h2-5,8,11-13,15,18,29H,6-7,9-10H2,1H3,(H,30,31)/t15-,18-. The second kappa shape index (κ2) is 9.84. The number of oxazole rings is 1. The van der Waals surface area contributed by atoms with E-state index in [-0.39, 0.29) is 41.7 Å². The molecule has 0 unspecified atom stereocenters. The van der Waals surface area contributed by atoms with Gasteiger partial charge in [0.05, 0.1) is 24.3 Å². The summed E-state index contributed by atoms with van der Waals surface area (Å²) in [4.78, 5) is 15.2. The van der Waals surface area contributed by atoms with Crippen molar-refractivity contribution < 1.29 is 40.6 Å². The van der Waals surface area contributed by atoms with Crippen LogP contribution in [-0.2, 0) is 10.0 Å². The molecular weight excluding hydrogens is 501 g/mol. The number of hydrogen-bond acceptors (Lipinski definition) is 6. The third-order valence-corrected chi connectivity index (χ3v) is 7.50. The van der Waals surface area contributed by atoms with Gasteiger partial charge in [-0.2, -0.15) is 26.6 Å². The highest BCUT2D eigenvalue weighted by atomic mass is 32.2. The Labute approximate surface area is 205 Å². The van der Waals surface area contributed by atoms with E-state index in [0.717, 1.165) is 11.8 Å². The molecule has 0 spiro atoms. The van der Waals surface area contributed by atoms with Gasteiger partial charge in [-0.3, -0.25) is 4.72 Å². The molecule has 1 saturated carbocycles. The van der Waals surface area contributed by atoms with Gasteiger partial charge in [0.2, 0.25) is 10.9 Å². The van der Waals surface area contributed by atoms with Gasteiger partial charge in [-0.1, -0.05) is 12.1 Å². The summed E-state index contributed by atoms with van der Waals surface area (Å²) >= 11 is 0. The largest absolute Gasteiger partial charge is 0.495 e. The van der Waals surface area contributed by atoms with Crippen LogP contribution in [0.25, 0.3) is 11.5 Å². The molecule has 0 aliphatic heterocycles. The molecule has 0 radical (unpaired) electrons. The first-order valence-corrected chi connectivity index (χ1v) is 12.5. The molecule has 0 saturated heterocycles. The summed E-state index contributed by atoms with van der Waals surface area (Å²) in [6.45, 7) is 0. The number of nitrogens with zero attached hydrogens (tertiary/aromatic N) is 1. The predicted molar refractivity (Wildman–Crippen MR) is 123 cm³/mol. The molecule has 0 amide bonds. The fraction of sp³-hybridized carbons (Fsp3) is 0.333. The minimum atomic E-state index is -4.18. The Morgan fingerprint density at radius 1 is 1.11 bits per heavy atom. The smallest absolute Gasteiger partial charge is 0.391 e. The number of methoxy groups -OCH3 is 1. The Kier molecular flexibility index (Phi) is 6.98. The van der Waals surface area contributed by atoms with Gasteiger partial charge in [-0.15, -0.1) is 0 Å². The highest BCUT2D eigenvalue weighted by Gasteiger charge is 2.41. The van der Waals surface area contributed by atoms with E-state index in [4.69, 9.17) is 14.3 Å². The number of carbonyl (C=O) groups is 1. The number of nitrogens with one attached hydrogen (secondary N) is 1. The van der Waals surface area contributed by atoms with Gasteiger partial charge in [0.25, 0.3) is 10.0 Å². The normalized spacial score (nSPS) is 18.6. The van der Waals surface area contributed by atoms with Crippen molar-refractivity contribution in [2.45, 2.75) is 42.8 Å². The lowest BCUT2D eigenvalue weighted by molar-refractivity contribution is -0.182. The zero-order valence-corrected chi connectivity index (χ0v) is 19.9. The van der Waals surface area contributed by atoms with E-state index in [1.807, 2.05) is 0 Å². The van der Waals surface area contributed by atoms with E-state index in [9.17, 15) is 26.4 Å². The summed E-state index contributed by atoms with van der Waals surface area (Å²) in [5.74, 6) is -2.34. The number of ether oxygens (including phenoxy) is 1. The lowest BCUT2D eigenvalue weighted by atomic mass is 9.78. The lowest BCUT2D eigenvalue weighted by Crippen LogP contribution is -2.27. The van der Waals surface area contributed by atoms with Crippen molar-refractivity contribution in [1.29, 1.82) is 0 Å². The van der Waals surface area contributed by atoms with Crippen LogP contribution in [0.3, 0.4) is 0 Å². The van der Waals surface area contributed by atoms with Crippen LogP contribution in [0.4, 0.5) is 18.9 Å². The molecule has 1 aliphatic rings. The van der Waals surface area contributed by atoms with Crippen LogP contribution < -0.4 is 9.46 Å². The Morgan fingerprint density at radius 2 is 1.78 bits per heavy atom. The number of carboxylic acid groups (broad SMARTS) is 1. The Balaban J connectivity index is 1.46. The van der Waals surface area contributed by atoms with Crippen LogP contribution in [0.15, 0.2) is 58.2 Å². The van der Waals surface area contributed by atoms with Crippen molar-refractivity contribution in [1.82, 2.24) is 4.98 Å². The van der Waals surface area contributed by atoms with Gasteiger partial charge in [0.1, 0.15) is 12.0 Å². The molecule has 1 aliphatic carbocycles. The second-order valence-electron chi connectivity index (χ2n) is 8.53. The third-order valence-electron chi connectivity index (χ3n) is 6.27. The van der Waals surface area contributed by atoms with Crippen LogP contribution in [0, 0.1) is 5.92 Å². The van der Waals surface area contributed by atoms with Crippen LogP contribution >= 0.6 is 0 Å². The molecule has 1 aromatic heterocycles. The van der Waals surface area contributed by atoms with Gasteiger partial charge >= 0.3 is 12.1 Å². The molecule has 0 bridgehead atoms. The monoisotopic (exact) mass is 524 g/mol. The quantitative estimate of drug-likeness (QED) is 0.408. The third kappa shape index (κ3) is 5.48.